The molecule has 23 heavy (non-hydrogen) atoms. The van der Waals surface area contributed by atoms with Crippen molar-refractivity contribution in [2.75, 3.05) is 6.54 Å². The number of carbonyl (C=O) groups excluding carboxylic acids is 2. The van der Waals surface area contributed by atoms with Gasteiger partial charge in [0.15, 0.2) is 5.17 Å². The summed E-state index contributed by atoms with van der Waals surface area (Å²) in [6.07, 6.45) is 1.21. The Balaban J connectivity index is 2.12. The summed E-state index contributed by atoms with van der Waals surface area (Å²) >= 11 is 1.02. The molecule has 2 rings (SSSR count). The molecule has 1 aliphatic heterocycles. The molecule has 1 atom stereocenters. The van der Waals surface area contributed by atoms with E-state index < -0.39 is 17.1 Å². The van der Waals surface area contributed by atoms with E-state index in [-0.39, 0.29) is 24.0 Å². The van der Waals surface area contributed by atoms with E-state index in [1.807, 2.05) is 0 Å². The Hall–Kier alpha value is -2.61. The summed E-state index contributed by atoms with van der Waals surface area (Å²) in [4.78, 5) is 36.2. The van der Waals surface area contributed by atoms with Crippen molar-refractivity contribution < 1.29 is 19.5 Å². The Morgan fingerprint density at radius 3 is 2.70 bits per heavy atom. The summed E-state index contributed by atoms with van der Waals surface area (Å²) < 4.78 is 0. The van der Waals surface area contributed by atoms with Crippen LogP contribution in [-0.2, 0) is 9.59 Å². The molecule has 120 valence electrons. The van der Waals surface area contributed by atoms with Crippen LogP contribution in [0.2, 0.25) is 0 Å². The molecule has 8 heteroatoms. The molecule has 0 aromatic heterocycles. The lowest BCUT2D eigenvalue weighted by atomic mass is 10.2. The molecule has 0 aliphatic carbocycles. The first kappa shape index (κ1) is 16.8. The monoisotopic (exact) mass is 333 g/mol. The molecular weight excluding hydrogens is 318 g/mol. The topological polar surface area (TPSA) is 99.1 Å². The fourth-order valence-electron chi connectivity index (χ4n) is 1.93. The van der Waals surface area contributed by atoms with Crippen LogP contribution in [0.1, 0.15) is 16.8 Å². The van der Waals surface area contributed by atoms with Gasteiger partial charge in [0.05, 0.1) is 6.42 Å². The predicted molar refractivity (Wildman–Crippen MR) is 86.9 cm³/mol. The summed E-state index contributed by atoms with van der Waals surface area (Å²) in [6.45, 7) is 3.76. The van der Waals surface area contributed by atoms with Crippen molar-refractivity contribution in [3.63, 3.8) is 0 Å². The van der Waals surface area contributed by atoms with Crippen LogP contribution in [0.15, 0.2) is 48.1 Å². The SMILES string of the molecule is C=CCN1C(=O)[C@H](CC(=O)O)S/C1=N\NC(=O)c1ccccc1. The standard InChI is InChI=1S/C15H15N3O4S/c1-2-8-18-14(22)11(9-12(19)20)23-15(18)17-16-13(21)10-6-4-3-5-7-10/h2-7,11H,1,8-9H2,(H,16,21)(H,19,20)/b17-15-/t11-/m0/s1. The summed E-state index contributed by atoms with van der Waals surface area (Å²) in [7, 11) is 0. The second-order valence-corrected chi connectivity index (χ2v) is 5.81. The zero-order valence-electron chi connectivity index (χ0n) is 12.1. The highest BCUT2D eigenvalue weighted by molar-refractivity contribution is 8.15. The van der Waals surface area contributed by atoms with Crippen LogP contribution in [0.3, 0.4) is 0 Å². The highest BCUT2D eigenvalue weighted by Crippen LogP contribution is 2.29. The quantitative estimate of drug-likeness (QED) is 0.604. The summed E-state index contributed by atoms with van der Waals surface area (Å²) in [5.74, 6) is -1.83. The third-order valence-corrected chi connectivity index (χ3v) is 4.16. The van der Waals surface area contributed by atoms with Crippen LogP contribution < -0.4 is 5.43 Å². The minimum atomic E-state index is -1.07. The second-order valence-electron chi connectivity index (χ2n) is 4.64. The maximum atomic E-state index is 12.2. The Morgan fingerprint density at radius 2 is 2.09 bits per heavy atom. The molecule has 0 unspecified atom stereocenters. The van der Waals surface area contributed by atoms with Gasteiger partial charge in [-0.3, -0.25) is 19.3 Å². The van der Waals surface area contributed by atoms with E-state index in [2.05, 4.69) is 17.1 Å². The van der Waals surface area contributed by atoms with Gasteiger partial charge in [0.25, 0.3) is 5.91 Å². The molecule has 1 heterocycles. The van der Waals surface area contributed by atoms with Gasteiger partial charge in [-0.15, -0.1) is 11.7 Å². The van der Waals surface area contributed by atoms with E-state index in [9.17, 15) is 14.4 Å². The third kappa shape index (κ3) is 4.19. The van der Waals surface area contributed by atoms with Crippen molar-refractivity contribution in [3.05, 3.63) is 48.6 Å². The Bertz CT molecular complexity index is 660. The number of thioether (sulfide) groups is 1. The molecule has 1 saturated heterocycles. The molecule has 7 nitrogen and oxygen atoms in total. The number of nitrogens with zero attached hydrogens (tertiary/aromatic N) is 2. The lowest BCUT2D eigenvalue weighted by Crippen LogP contribution is -2.34. The molecule has 2 N–H and O–H groups in total. The number of carboxylic acids is 1. The van der Waals surface area contributed by atoms with Gasteiger partial charge in [0.1, 0.15) is 5.25 Å². The second kappa shape index (κ2) is 7.59. The molecule has 1 fully saturated rings. The highest BCUT2D eigenvalue weighted by atomic mass is 32.2. The average molecular weight is 333 g/mol. The van der Waals surface area contributed by atoms with E-state index in [4.69, 9.17) is 5.11 Å². The minimum absolute atomic E-state index is 0.196. The molecule has 0 radical (unpaired) electrons. The van der Waals surface area contributed by atoms with Gasteiger partial charge in [-0.25, -0.2) is 5.43 Å². The maximum Gasteiger partial charge on any atom is 0.305 e. The molecule has 0 saturated carbocycles. The minimum Gasteiger partial charge on any atom is -0.481 e. The fourth-order valence-corrected chi connectivity index (χ4v) is 3.03. The number of aliphatic carboxylic acids is 1. The largest absolute Gasteiger partial charge is 0.481 e. The maximum absolute atomic E-state index is 12.2. The summed E-state index contributed by atoms with van der Waals surface area (Å²) in [6, 6.07) is 8.51. The van der Waals surface area contributed by atoms with E-state index in [1.165, 1.54) is 11.0 Å². The number of hydrazone groups is 1. The molecule has 1 aliphatic rings. The molecule has 0 spiro atoms. The fraction of sp³-hybridized carbons (Fsp3) is 0.200. The summed E-state index contributed by atoms with van der Waals surface area (Å²) in [5.41, 5.74) is 2.81. The van der Waals surface area contributed by atoms with E-state index in [0.29, 0.717) is 5.56 Å². The van der Waals surface area contributed by atoms with Crippen molar-refractivity contribution in [2.45, 2.75) is 11.7 Å². The first-order chi connectivity index (χ1) is 11.0. The van der Waals surface area contributed by atoms with Gasteiger partial charge in [-0.2, -0.15) is 0 Å². The Labute approximate surface area is 137 Å². The smallest absolute Gasteiger partial charge is 0.305 e. The van der Waals surface area contributed by atoms with Gasteiger partial charge in [-0.1, -0.05) is 36.0 Å². The highest BCUT2D eigenvalue weighted by Gasteiger charge is 2.38. The number of carboxylic acid groups (broad SMARTS) is 1. The number of hydrogen-bond acceptors (Lipinski definition) is 5. The summed E-state index contributed by atoms with van der Waals surface area (Å²) in [5, 5.41) is 12.3. The number of carbonyl (C=O) groups is 3. The molecule has 1 aromatic carbocycles. The first-order valence-electron chi connectivity index (χ1n) is 6.76. The van der Waals surface area contributed by atoms with Crippen LogP contribution in [0.5, 0.6) is 0 Å². The van der Waals surface area contributed by atoms with Crippen molar-refractivity contribution in [1.29, 1.82) is 0 Å². The zero-order chi connectivity index (χ0) is 16.8. The van der Waals surface area contributed by atoms with E-state index in [1.54, 1.807) is 30.3 Å². The molecule has 2 amide bonds. The van der Waals surface area contributed by atoms with Crippen molar-refractivity contribution >= 4 is 34.7 Å². The molecule has 1 aromatic rings. The number of hydrogen-bond donors (Lipinski definition) is 2. The number of amidine groups is 1. The van der Waals surface area contributed by atoms with Crippen molar-refractivity contribution in [3.8, 4) is 0 Å². The first-order valence-corrected chi connectivity index (χ1v) is 7.64. The lowest BCUT2D eigenvalue weighted by Gasteiger charge is -2.13. The van der Waals surface area contributed by atoms with Crippen LogP contribution in [-0.4, -0.2) is 44.8 Å². The number of rotatable bonds is 6. The zero-order valence-corrected chi connectivity index (χ0v) is 13.0. The van der Waals surface area contributed by atoms with Crippen molar-refractivity contribution in [1.82, 2.24) is 10.3 Å². The van der Waals surface area contributed by atoms with Gasteiger partial charge >= 0.3 is 5.97 Å². The molecular formula is C15H15N3O4S. The number of benzene rings is 1. The van der Waals surface area contributed by atoms with E-state index >= 15 is 0 Å². The Morgan fingerprint density at radius 1 is 1.39 bits per heavy atom. The normalized spacial score (nSPS) is 19.0. The van der Waals surface area contributed by atoms with Crippen LogP contribution in [0.4, 0.5) is 0 Å². The van der Waals surface area contributed by atoms with Crippen LogP contribution in [0, 0.1) is 0 Å². The predicted octanol–water partition coefficient (Wildman–Crippen LogP) is 1.29. The van der Waals surface area contributed by atoms with Gasteiger partial charge in [-0.05, 0) is 12.1 Å². The van der Waals surface area contributed by atoms with Gasteiger partial charge in [0.2, 0.25) is 5.91 Å². The van der Waals surface area contributed by atoms with Gasteiger partial charge in [0, 0.05) is 12.1 Å². The van der Waals surface area contributed by atoms with E-state index in [0.717, 1.165) is 11.8 Å². The lowest BCUT2D eigenvalue weighted by molar-refractivity contribution is -0.139. The Kier molecular flexibility index (Phi) is 5.53. The number of nitrogens with one attached hydrogen (secondary N) is 1. The van der Waals surface area contributed by atoms with Crippen molar-refractivity contribution in [2.24, 2.45) is 5.10 Å². The van der Waals surface area contributed by atoms with Gasteiger partial charge < -0.3 is 5.11 Å². The average Bonchev–Trinajstić information content (AvgIpc) is 2.82. The van der Waals surface area contributed by atoms with Crippen LogP contribution >= 0.6 is 11.8 Å². The number of amides is 2. The van der Waals surface area contributed by atoms with Crippen LogP contribution in [0.25, 0.3) is 0 Å². The third-order valence-electron chi connectivity index (χ3n) is 2.98. The molecule has 0 bridgehead atoms.